The molecular weight excluding hydrogens is 208 g/mol. The lowest BCUT2D eigenvalue weighted by Gasteiger charge is -2.32. The molecule has 0 N–H and O–H groups in total. The number of hydrogen-bond acceptors (Lipinski definition) is 4. The zero-order valence-electron chi connectivity index (χ0n) is 9.15. The molecular formula is C12H12O4. The van der Waals surface area contributed by atoms with Gasteiger partial charge in [0.15, 0.2) is 0 Å². The molecule has 2 rings (SSSR count). The first kappa shape index (κ1) is 10.7. The zero-order valence-corrected chi connectivity index (χ0v) is 9.15. The van der Waals surface area contributed by atoms with Crippen LogP contribution in [0.4, 0.5) is 0 Å². The molecule has 84 valence electrons. The molecule has 1 fully saturated rings. The van der Waals surface area contributed by atoms with Gasteiger partial charge in [-0.1, -0.05) is 23.8 Å². The van der Waals surface area contributed by atoms with Crippen molar-refractivity contribution < 1.29 is 19.1 Å². The summed E-state index contributed by atoms with van der Waals surface area (Å²) in [4.78, 5) is 22.4. The number of carbonyl (C=O) groups is 2. The van der Waals surface area contributed by atoms with Crippen LogP contribution in [0.25, 0.3) is 0 Å². The summed E-state index contributed by atoms with van der Waals surface area (Å²) in [6.45, 7) is 3.48. The van der Waals surface area contributed by atoms with E-state index in [-0.39, 0.29) is 6.42 Å². The van der Waals surface area contributed by atoms with Crippen LogP contribution in [0.3, 0.4) is 0 Å². The molecule has 0 aromatic heterocycles. The highest BCUT2D eigenvalue weighted by Gasteiger charge is 2.40. The first-order valence-electron chi connectivity index (χ1n) is 5.00. The van der Waals surface area contributed by atoms with Gasteiger partial charge in [0.2, 0.25) is 0 Å². The van der Waals surface area contributed by atoms with E-state index >= 15 is 0 Å². The Labute approximate surface area is 93.2 Å². The van der Waals surface area contributed by atoms with Crippen molar-refractivity contribution in [2.45, 2.75) is 26.1 Å². The Morgan fingerprint density at radius 1 is 1.19 bits per heavy atom. The number of benzene rings is 1. The van der Waals surface area contributed by atoms with Crippen LogP contribution in [0, 0.1) is 6.92 Å². The Morgan fingerprint density at radius 2 is 1.81 bits per heavy atom. The van der Waals surface area contributed by atoms with Crippen LogP contribution in [-0.2, 0) is 24.8 Å². The zero-order chi connectivity index (χ0) is 11.8. The highest BCUT2D eigenvalue weighted by atomic mass is 16.7. The minimum atomic E-state index is -1.29. The number of hydrogen-bond donors (Lipinski definition) is 0. The van der Waals surface area contributed by atoms with Crippen molar-refractivity contribution in [1.82, 2.24) is 0 Å². The molecule has 0 spiro atoms. The Bertz CT molecular complexity index is 434. The number of aryl methyl sites for hydroxylation is 1. The smallest absolute Gasteiger partial charge is 0.320 e. The average Bonchev–Trinajstić information content (AvgIpc) is 2.15. The molecule has 4 heteroatoms. The maximum absolute atomic E-state index is 11.2. The second kappa shape index (κ2) is 3.63. The van der Waals surface area contributed by atoms with Gasteiger partial charge in [-0.2, -0.15) is 0 Å². The summed E-state index contributed by atoms with van der Waals surface area (Å²) in [5.41, 5.74) is 1.67. The van der Waals surface area contributed by atoms with E-state index in [0.717, 1.165) is 5.56 Å². The lowest BCUT2D eigenvalue weighted by Crippen LogP contribution is -2.40. The fourth-order valence-corrected chi connectivity index (χ4v) is 1.69. The van der Waals surface area contributed by atoms with Gasteiger partial charge >= 0.3 is 11.9 Å². The fourth-order valence-electron chi connectivity index (χ4n) is 1.69. The second-order valence-corrected chi connectivity index (χ2v) is 3.94. The molecule has 0 radical (unpaired) electrons. The van der Waals surface area contributed by atoms with Crippen LogP contribution in [0.2, 0.25) is 0 Å². The maximum Gasteiger partial charge on any atom is 0.320 e. The van der Waals surface area contributed by atoms with E-state index in [1.54, 1.807) is 13.0 Å². The summed E-state index contributed by atoms with van der Waals surface area (Å²) < 4.78 is 10.2. The maximum atomic E-state index is 11.2. The van der Waals surface area contributed by atoms with Crippen LogP contribution in [0.5, 0.6) is 0 Å². The molecule has 1 aliphatic rings. The van der Waals surface area contributed by atoms with Crippen LogP contribution >= 0.6 is 0 Å². The van der Waals surface area contributed by atoms with Gasteiger partial charge in [-0.3, -0.25) is 9.59 Å². The van der Waals surface area contributed by atoms with E-state index in [9.17, 15) is 9.59 Å². The lowest BCUT2D eigenvalue weighted by molar-refractivity contribution is -0.242. The summed E-state index contributed by atoms with van der Waals surface area (Å²) in [6, 6.07) is 7.33. The van der Waals surface area contributed by atoms with Gasteiger partial charge in [0.25, 0.3) is 5.79 Å². The SMILES string of the molecule is Cc1cccc(C2(C)OC(=O)CC(=O)O2)c1. The van der Waals surface area contributed by atoms with Crippen molar-refractivity contribution in [3.05, 3.63) is 35.4 Å². The number of carbonyl (C=O) groups excluding carboxylic acids is 2. The lowest BCUT2D eigenvalue weighted by atomic mass is 10.0. The molecule has 0 saturated carbocycles. The molecule has 0 unspecified atom stereocenters. The second-order valence-electron chi connectivity index (χ2n) is 3.94. The average molecular weight is 220 g/mol. The van der Waals surface area contributed by atoms with Crippen molar-refractivity contribution in [3.63, 3.8) is 0 Å². The topological polar surface area (TPSA) is 52.6 Å². The fraction of sp³-hybridized carbons (Fsp3) is 0.333. The molecule has 0 aliphatic carbocycles. The van der Waals surface area contributed by atoms with Crippen molar-refractivity contribution in [1.29, 1.82) is 0 Å². The van der Waals surface area contributed by atoms with Crippen LogP contribution < -0.4 is 0 Å². The van der Waals surface area contributed by atoms with Crippen molar-refractivity contribution in [2.75, 3.05) is 0 Å². The quantitative estimate of drug-likeness (QED) is 0.533. The summed E-state index contributed by atoms with van der Waals surface area (Å²) in [6.07, 6.45) is -0.318. The Morgan fingerprint density at radius 3 is 2.38 bits per heavy atom. The standard InChI is InChI=1S/C12H12O4/c1-8-4-3-5-9(6-8)12(2)15-10(13)7-11(14)16-12/h3-6H,7H2,1-2H3. The van der Waals surface area contributed by atoms with Crippen molar-refractivity contribution in [2.24, 2.45) is 0 Å². The first-order valence-corrected chi connectivity index (χ1v) is 5.00. The highest BCUT2D eigenvalue weighted by Crippen LogP contribution is 2.31. The predicted octanol–water partition coefficient (Wildman–Crippen LogP) is 1.66. The van der Waals surface area contributed by atoms with Gasteiger partial charge in [-0.05, 0) is 13.0 Å². The van der Waals surface area contributed by atoms with E-state index in [4.69, 9.17) is 9.47 Å². The van der Waals surface area contributed by atoms with Gasteiger partial charge < -0.3 is 9.47 Å². The van der Waals surface area contributed by atoms with Crippen LogP contribution in [-0.4, -0.2) is 11.9 Å². The van der Waals surface area contributed by atoms with Gasteiger partial charge in [-0.25, -0.2) is 0 Å². The summed E-state index contributed by atoms with van der Waals surface area (Å²) in [7, 11) is 0. The highest BCUT2D eigenvalue weighted by molar-refractivity contribution is 5.93. The van der Waals surface area contributed by atoms with Gasteiger partial charge in [-0.15, -0.1) is 0 Å². The third-order valence-electron chi connectivity index (χ3n) is 2.45. The van der Waals surface area contributed by atoms with Crippen molar-refractivity contribution in [3.8, 4) is 0 Å². The van der Waals surface area contributed by atoms with E-state index in [1.165, 1.54) is 0 Å². The third-order valence-corrected chi connectivity index (χ3v) is 2.45. The molecule has 1 aliphatic heterocycles. The van der Waals surface area contributed by atoms with E-state index in [2.05, 4.69) is 0 Å². The molecule has 1 aromatic rings. The number of ether oxygens (including phenoxy) is 2. The summed E-state index contributed by atoms with van der Waals surface area (Å²) in [5.74, 6) is -2.40. The summed E-state index contributed by atoms with van der Waals surface area (Å²) in [5, 5.41) is 0. The largest absolute Gasteiger partial charge is 0.418 e. The molecule has 4 nitrogen and oxygen atoms in total. The molecule has 0 bridgehead atoms. The predicted molar refractivity (Wildman–Crippen MR) is 55.3 cm³/mol. The van der Waals surface area contributed by atoms with E-state index in [0.29, 0.717) is 5.56 Å². The Kier molecular flexibility index (Phi) is 2.42. The Balaban J connectivity index is 2.37. The first-order chi connectivity index (χ1) is 7.49. The van der Waals surface area contributed by atoms with Gasteiger partial charge in [0, 0.05) is 12.5 Å². The van der Waals surface area contributed by atoms with Gasteiger partial charge in [0.1, 0.15) is 6.42 Å². The Hall–Kier alpha value is -1.84. The number of esters is 2. The molecule has 16 heavy (non-hydrogen) atoms. The van der Waals surface area contributed by atoms with Crippen LogP contribution in [0.1, 0.15) is 24.5 Å². The summed E-state index contributed by atoms with van der Waals surface area (Å²) >= 11 is 0. The van der Waals surface area contributed by atoms with Crippen molar-refractivity contribution >= 4 is 11.9 Å². The third kappa shape index (κ3) is 1.91. The molecule has 0 amide bonds. The monoisotopic (exact) mass is 220 g/mol. The molecule has 1 saturated heterocycles. The molecule has 1 heterocycles. The number of rotatable bonds is 1. The minimum absolute atomic E-state index is 0.318. The van der Waals surface area contributed by atoms with Crippen LogP contribution in [0.15, 0.2) is 24.3 Å². The molecule has 0 atom stereocenters. The van der Waals surface area contributed by atoms with Gasteiger partial charge in [0.05, 0.1) is 0 Å². The molecule has 1 aromatic carbocycles. The minimum Gasteiger partial charge on any atom is -0.418 e. The van der Waals surface area contributed by atoms with E-state index < -0.39 is 17.7 Å². The number of cyclic esters (lactones) is 2. The van der Waals surface area contributed by atoms with E-state index in [1.807, 2.05) is 25.1 Å². The normalized spacial score (nSPS) is 18.9.